The average molecular weight is 344 g/mol. The first-order chi connectivity index (χ1) is 11.9. The SMILES string of the molecule is CC(C)(NC(=O)CCc1ccc(CCC2CCCCC2)cc1)C(N)=O. The van der Waals surface area contributed by atoms with E-state index >= 15 is 0 Å². The second kappa shape index (κ2) is 9.02. The highest BCUT2D eigenvalue weighted by Crippen LogP contribution is 2.27. The molecule has 138 valence electrons. The molecule has 0 radical (unpaired) electrons. The molecule has 4 nitrogen and oxygen atoms in total. The van der Waals surface area contributed by atoms with Crippen LogP contribution >= 0.6 is 0 Å². The first kappa shape index (κ1) is 19.5. The number of benzene rings is 1. The smallest absolute Gasteiger partial charge is 0.242 e. The second-order valence-electron chi connectivity index (χ2n) is 7.90. The van der Waals surface area contributed by atoms with Crippen molar-refractivity contribution in [2.24, 2.45) is 11.7 Å². The summed E-state index contributed by atoms with van der Waals surface area (Å²) >= 11 is 0. The van der Waals surface area contributed by atoms with Crippen LogP contribution in [0.25, 0.3) is 0 Å². The summed E-state index contributed by atoms with van der Waals surface area (Å²) in [6, 6.07) is 8.60. The average Bonchev–Trinajstić information content (AvgIpc) is 2.59. The van der Waals surface area contributed by atoms with Crippen molar-refractivity contribution in [1.29, 1.82) is 0 Å². The Kier molecular flexibility index (Phi) is 7.03. The molecule has 0 aromatic heterocycles. The summed E-state index contributed by atoms with van der Waals surface area (Å²) in [5.41, 5.74) is 6.80. The van der Waals surface area contributed by atoms with Gasteiger partial charge in [0, 0.05) is 6.42 Å². The number of carbonyl (C=O) groups excluding carboxylic acids is 2. The van der Waals surface area contributed by atoms with Crippen molar-refractivity contribution in [2.45, 2.75) is 77.2 Å². The van der Waals surface area contributed by atoms with Gasteiger partial charge < -0.3 is 11.1 Å². The lowest BCUT2D eigenvalue weighted by Gasteiger charge is -2.22. The number of aryl methyl sites for hydroxylation is 2. The van der Waals surface area contributed by atoms with Crippen molar-refractivity contribution in [3.05, 3.63) is 35.4 Å². The van der Waals surface area contributed by atoms with Crippen LogP contribution in [0, 0.1) is 5.92 Å². The molecule has 0 saturated heterocycles. The molecule has 1 aromatic rings. The molecule has 4 heteroatoms. The maximum absolute atomic E-state index is 12.0. The van der Waals surface area contributed by atoms with Crippen molar-refractivity contribution < 1.29 is 9.59 Å². The van der Waals surface area contributed by atoms with Gasteiger partial charge >= 0.3 is 0 Å². The lowest BCUT2D eigenvalue weighted by Crippen LogP contribution is -2.53. The third-order valence-corrected chi connectivity index (χ3v) is 5.30. The van der Waals surface area contributed by atoms with Gasteiger partial charge in [0.2, 0.25) is 11.8 Å². The van der Waals surface area contributed by atoms with E-state index in [1.807, 2.05) is 0 Å². The quantitative estimate of drug-likeness (QED) is 0.757. The summed E-state index contributed by atoms with van der Waals surface area (Å²) in [6.45, 7) is 3.24. The highest BCUT2D eigenvalue weighted by Gasteiger charge is 2.26. The molecule has 1 aliphatic rings. The molecule has 0 unspecified atom stereocenters. The highest BCUT2D eigenvalue weighted by molar-refractivity contribution is 5.89. The lowest BCUT2D eigenvalue weighted by atomic mass is 9.85. The monoisotopic (exact) mass is 344 g/mol. The van der Waals surface area contributed by atoms with Gasteiger partial charge in [0.25, 0.3) is 0 Å². The third kappa shape index (κ3) is 6.52. The Bertz CT molecular complexity index is 572. The van der Waals surface area contributed by atoms with Crippen LogP contribution in [-0.2, 0) is 22.4 Å². The number of carbonyl (C=O) groups is 2. The highest BCUT2D eigenvalue weighted by atomic mass is 16.2. The van der Waals surface area contributed by atoms with E-state index in [2.05, 4.69) is 29.6 Å². The van der Waals surface area contributed by atoms with E-state index in [0.29, 0.717) is 12.8 Å². The minimum atomic E-state index is -1.000. The van der Waals surface area contributed by atoms with Gasteiger partial charge in [-0.15, -0.1) is 0 Å². The van der Waals surface area contributed by atoms with Crippen LogP contribution in [0.3, 0.4) is 0 Å². The number of amides is 2. The van der Waals surface area contributed by atoms with E-state index in [1.54, 1.807) is 13.8 Å². The van der Waals surface area contributed by atoms with Crippen LogP contribution in [0.15, 0.2) is 24.3 Å². The van der Waals surface area contributed by atoms with Crippen molar-refractivity contribution in [3.63, 3.8) is 0 Å². The van der Waals surface area contributed by atoms with Crippen molar-refractivity contribution >= 4 is 11.8 Å². The summed E-state index contributed by atoms with van der Waals surface area (Å²) < 4.78 is 0. The van der Waals surface area contributed by atoms with Gasteiger partial charge in [-0.3, -0.25) is 9.59 Å². The van der Waals surface area contributed by atoms with E-state index < -0.39 is 11.4 Å². The summed E-state index contributed by atoms with van der Waals surface area (Å²) in [6.07, 6.45) is 10.5. The first-order valence-corrected chi connectivity index (χ1v) is 9.55. The molecule has 0 aliphatic heterocycles. The Morgan fingerprint density at radius 1 is 1.04 bits per heavy atom. The summed E-state index contributed by atoms with van der Waals surface area (Å²) in [5, 5.41) is 2.68. The van der Waals surface area contributed by atoms with E-state index in [4.69, 9.17) is 5.73 Å². The zero-order valence-electron chi connectivity index (χ0n) is 15.6. The van der Waals surface area contributed by atoms with Crippen LogP contribution in [0.1, 0.15) is 69.9 Å². The largest absolute Gasteiger partial charge is 0.368 e. The van der Waals surface area contributed by atoms with E-state index in [1.165, 1.54) is 44.1 Å². The number of nitrogens with two attached hydrogens (primary N) is 1. The number of hydrogen-bond donors (Lipinski definition) is 2. The number of rotatable bonds is 8. The van der Waals surface area contributed by atoms with Crippen LogP contribution in [0.5, 0.6) is 0 Å². The Hall–Kier alpha value is -1.84. The molecule has 2 rings (SSSR count). The van der Waals surface area contributed by atoms with Gasteiger partial charge in [0.1, 0.15) is 5.54 Å². The summed E-state index contributed by atoms with van der Waals surface area (Å²) in [7, 11) is 0. The molecule has 0 atom stereocenters. The van der Waals surface area contributed by atoms with Crippen LogP contribution in [0.2, 0.25) is 0 Å². The zero-order chi connectivity index (χ0) is 18.3. The third-order valence-electron chi connectivity index (χ3n) is 5.30. The van der Waals surface area contributed by atoms with Gasteiger partial charge in [-0.2, -0.15) is 0 Å². The van der Waals surface area contributed by atoms with Gasteiger partial charge in [-0.1, -0.05) is 56.4 Å². The predicted octanol–water partition coefficient (Wildman–Crippen LogP) is 3.51. The molecular weight excluding hydrogens is 312 g/mol. The standard InChI is InChI=1S/C21H32N2O2/c1-21(2,20(22)25)23-19(24)15-14-18-12-10-17(11-13-18)9-8-16-6-4-3-5-7-16/h10-13,16H,3-9,14-15H2,1-2H3,(H2,22,25)(H,23,24). The Morgan fingerprint density at radius 2 is 1.60 bits per heavy atom. The maximum Gasteiger partial charge on any atom is 0.242 e. The minimum absolute atomic E-state index is 0.148. The van der Waals surface area contributed by atoms with Crippen molar-refractivity contribution in [1.82, 2.24) is 5.32 Å². The molecule has 3 N–H and O–H groups in total. The van der Waals surface area contributed by atoms with Crippen LogP contribution in [-0.4, -0.2) is 17.4 Å². The Balaban J connectivity index is 1.74. The van der Waals surface area contributed by atoms with Crippen LogP contribution < -0.4 is 11.1 Å². The lowest BCUT2D eigenvalue weighted by molar-refractivity contribution is -0.130. The van der Waals surface area contributed by atoms with Crippen molar-refractivity contribution in [2.75, 3.05) is 0 Å². The summed E-state index contributed by atoms with van der Waals surface area (Å²) in [4.78, 5) is 23.2. The number of primary amides is 1. The predicted molar refractivity (Wildman–Crippen MR) is 101 cm³/mol. The molecular formula is C21H32N2O2. The normalized spacial score (nSPS) is 15.8. The van der Waals surface area contributed by atoms with E-state index in [9.17, 15) is 9.59 Å². The molecule has 0 spiro atoms. The minimum Gasteiger partial charge on any atom is -0.368 e. The molecule has 0 heterocycles. The van der Waals surface area contributed by atoms with E-state index in [-0.39, 0.29) is 5.91 Å². The fourth-order valence-corrected chi connectivity index (χ4v) is 3.45. The first-order valence-electron chi connectivity index (χ1n) is 9.55. The van der Waals surface area contributed by atoms with Gasteiger partial charge in [0.15, 0.2) is 0 Å². The second-order valence-corrected chi connectivity index (χ2v) is 7.90. The van der Waals surface area contributed by atoms with E-state index in [0.717, 1.165) is 17.9 Å². The molecule has 1 aromatic carbocycles. The molecule has 1 saturated carbocycles. The molecule has 0 bridgehead atoms. The number of nitrogens with one attached hydrogen (secondary N) is 1. The molecule has 1 fully saturated rings. The summed E-state index contributed by atoms with van der Waals surface area (Å²) in [5.74, 6) is 0.235. The topological polar surface area (TPSA) is 72.2 Å². The fraction of sp³-hybridized carbons (Fsp3) is 0.619. The Labute approximate surface area is 151 Å². The number of hydrogen-bond acceptors (Lipinski definition) is 2. The zero-order valence-corrected chi connectivity index (χ0v) is 15.6. The van der Waals surface area contributed by atoms with Gasteiger partial charge in [0.05, 0.1) is 0 Å². The van der Waals surface area contributed by atoms with Gasteiger partial charge in [-0.05, 0) is 50.2 Å². The maximum atomic E-state index is 12.0. The fourth-order valence-electron chi connectivity index (χ4n) is 3.45. The van der Waals surface area contributed by atoms with Gasteiger partial charge in [-0.25, -0.2) is 0 Å². The Morgan fingerprint density at radius 3 is 2.16 bits per heavy atom. The molecule has 1 aliphatic carbocycles. The molecule has 25 heavy (non-hydrogen) atoms. The van der Waals surface area contributed by atoms with Crippen molar-refractivity contribution in [3.8, 4) is 0 Å². The molecule has 2 amide bonds. The van der Waals surface area contributed by atoms with Crippen LogP contribution in [0.4, 0.5) is 0 Å².